The van der Waals surface area contributed by atoms with Crippen LogP contribution in [0.5, 0.6) is 0 Å². The molecule has 1 aliphatic carbocycles. The van der Waals surface area contributed by atoms with E-state index in [0.717, 1.165) is 6.42 Å². The van der Waals surface area contributed by atoms with Crippen molar-refractivity contribution in [1.82, 2.24) is 0 Å². The molecule has 1 atom stereocenters. The van der Waals surface area contributed by atoms with Gasteiger partial charge in [-0.2, -0.15) is 0 Å². The molecule has 0 aromatic heterocycles. The third-order valence-corrected chi connectivity index (χ3v) is 4.55. The highest BCUT2D eigenvalue weighted by Gasteiger charge is 2.26. The Kier molecular flexibility index (Phi) is 3.48. The number of benzene rings is 2. The number of aryl methyl sites for hydroxylation is 1. The van der Waals surface area contributed by atoms with Crippen LogP contribution in [0.1, 0.15) is 55.4 Å². The third kappa shape index (κ3) is 2.00. The molecular formula is C20H22. The largest absolute Gasteiger partial charge is 0.0651 e. The SMILES string of the molecule is CCCc1ccccc1C1=C(C)C(C)c2ccccc21. The maximum atomic E-state index is 2.32. The van der Waals surface area contributed by atoms with Crippen molar-refractivity contribution in [3.63, 3.8) is 0 Å². The molecule has 0 saturated heterocycles. The van der Waals surface area contributed by atoms with Gasteiger partial charge in [-0.25, -0.2) is 0 Å². The van der Waals surface area contributed by atoms with E-state index in [4.69, 9.17) is 0 Å². The first kappa shape index (κ1) is 13.2. The topological polar surface area (TPSA) is 0 Å². The molecule has 0 radical (unpaired) electrons. The van der Waals surface area contributed by atoms with Crippen molar-refractivity contribution >= 4 is 5.57 Å². The minimum absolute atomic E-state index is 0.538. The summed E-state index contributed by atoms with van der Waals surface area (Å²) in [5.74, 6) is 0.538. The molecular weight excluding hydrogens is 240 g/mol. The van der Waals surface area contributed by atoms with Gasteiger partial charge in [-0.1, -0.05) is 74.4 Å². The summed E-state index contributed by atoms with van der Waals surface area (Å²) in [6.45, 7) is 6.87. The van der Waals surface area contributed by atoms with Gasteiger partial charge in [0, 0.05) is 5.92 Å². The molecule has 0 heteroatoms. The highest BCUT2D eigenvalue weighted by molar-refractivity contribution is 5.89. The van der Waals surface area contributed by atoms with Crippen molar-refractivity contribution < 1.29 is 0 Å². The van der Waals surface area contributed by atoms with Gasteiger partial charge >= 0.3 is 0 Å². The van der Waals surface area contributed by atoms with Crippen LogP contribution in [0, 0.1) is 0 Å². The van der Waals surface area contributed by atoms with Crippen LogP contribution >= 0.6 is 0 Å². The third-order valence-electron chi connectivity index (χ3n) is 4.55. The molecule has 0 amide bonds. The second kappa shape index (κ2) is 5.28. The van der Waals surface area contributed by atoms with Gasteiger partial charge < -0.3 is 0 Å². The Labute approximate surface area is 122 Å². The predicted molar refractivity (Wildman–Crippen MR) is 87.0 cm³/mol. The van der Waals surface area contributed by atoms with E-state index < -0.39 is 0 Å². The highest BCUT2D eigenvalue weighted by atomic mass is 14.3. The fourth-order valence-corrected chi connectivity index (χ4v) is 3.37. The zero-order chi connectivity index (χ0) is 14.1. The maximum absolute atomic E-state index is 2.32. The quantitative estimate of drug-likeness (QED) is 0.677. The van der Waals surface area contributed by atoms with Gasteiger partial charge in [-0.3, -0.25) is 0 Å². The van der Waals surface area contributed by atoms with Gasteiger partial charge in [-0.05, 0) is 41.2 Å². The van der Waals surface area contributed by atoms with Gasteiger partial charge in [0.15, 0.2) is 0 Å². The first-order valence-corrected chi connectivity index (χ1v) is 7.62. The van der Waals surface area contributed by atoms with Crippen molar-refractivity contribution in [3.8, 4) is 0 Å². The summed E-state index contributed by atoms with van der Waals surface area (Å²) in [5.41, 5.74) is 8.80. The lowest BCUT2D eigenvalue weighted by Gasteiger charge is -2.12. The second-order valence-corrected chi connectivity index (χ2v) is 5.77. The zero-order valence-corrected chi connectivity index (χ0v) is 12.6. The molecule has 0 spiro atoms. The second-order valence-electron chi connectivity index (χ2n) is 5.77. The summed E-state index contributed by atoms with van der Waals surface area (Å²) in [6, 6.07) is 17.8. The van der Waals surface area contributed by atoms with Crippen LogP contribution in [0.25, 0.3) is 5.57 Å². The predicted octanol–water partition coefficient (Wildman–Crippen LogP) is 5.58. The van der Waals surface area contributed by atoms with Crippen molar-refractivity contribution in [2.45, 2.75) is 39.5 Å². The minimum Gasteiger partial charge on any atom is -0.0651 e. The summed E-state index contributed by atoms with van der Waals surface area (Å²) in [7, 11) is 0. The standard InChI is InChI=1S/C20H22/c1-4-9-16-10-5-6-12-18(16)20-15(3)14(2)17-11-7-8-13-19(17)20/h5-8,10-14H,4,9H2,1-3H3. The number of fused-ring (bicyclic) bond motifs is 1. The Bertz CT molecular complexity index is 661. The first-order chi connectivity index (χ1) is 9.74. The van der Waals surface area contributed by atoms with Crippen molar-refractivity contribution in [1.29, 1.82) is 0 Å². The van der Waals surface area contributed by atoms with Crippen LogP contribution in [0.2, 0.25) is 0 Å². The Morgan fingerprint density at radius 1 is 0.900 bits per heavy atom. The molecule has 102 valence electrons. The summed E-state index contributed by atoms with van der Waals surface area (Å²) in [4.78, 5) is 0. The monoisotopic (exact) mass is 262 g/mol. The van der Waals surface area contributed by atoms with E-state index in [1.54, 1.807) is 0 Å². The molecule has 3 rings (SSSR count). The van der Waals surface area contributed by atoms with Crippen molar-refractivity contribution in [2.75, 3.05) is 0 Å². The Morgan fingerprint density at radius 2 is 1.55 bits per heavy atom. The molecule has 2 aromatic carbocycles. The van der Waals surface area contributed by atoms with Crippen LogP contribution in [0.15, 0.2) is 54.1 Å². The van der Waals surface area contributed by atoms with E-state index in [0.29, 0.717) is 5.92 Å². The van der Waals surface area contributed by atoms with Gasteiger partial charge in [0.2, 0.25) is 0 Å². The maximum Gasteiger partial charge on any atom is 0.00326 e. The van der Waals surface area contributed by atoms with E-state index >= 15 is 0 Å². The molecule has 1 unspecified atom stereocenters. The van der Waals surface area contributed by atoms with E-state index in [9.17, 15) is 0 Å². The Balaban J connectivity index is 2.20. The van der Waals surface area contributed by atoms with E-state index in [1.807, 2.05) is 0 Å². The smallest absolute Gasteiger partial charge is 0.00326 e. The first-order valence-electron chi connectivity index (χ1n) is 7.62. The molecule has 2 aromatic rings. The fraction of sp³-hybridized carbons (Fsp3) is 0.300. The fourth-order valence-electron chi connectivity index (χ4n) is 3.37. The molecule has 0 saturated carbocycles. The normalized spacial score (nSPS) is 17.4. The lowest BCUT2D eigenvalue weighted by Crippen LogP contribution is -1.95. The van der Waals surface area contributed by atoms with Crippen LogP contribution < -0.4 is 0 Å². The summed E-state index contributed by atoms with van der Waals surface area (Å²) >= 11 is 0. The molecule has 0 nitrogen and oxygen atoms in total. The van der Waals surface area contributed by atoms with Gasteiger partial charge in [0.05, 0.1) is 0 Å². The summed E-state index contributed by atoms with van der Waals surface area (Å²) in [5, 5.41) is 0. The van der Waals surface area contributed by atoms with Gasteiger partial charge in [0.1, 0.15) is 0 Å². The van der Waals surface area contributed by atoms with Crippen molar-refractivity contribution in [3.05, 3.63) is 76.4 Å². The highest BCUT2D eigenvalue weighted by Crippen LogP contribution is 2.45. The molecule has 0 aliphatic heterocycles. The van der Waals surface area contributed by atoms with Crippen LogP contribution in [-0.2, 0) is 6.42 Å². The Hall–Kier alpha value is -1.82. The molecule has 0 fully saturated rings. The van der Waals surface area contributed by atoms with E-state index in [1.165, 1.54) is 39.8 Å². The zero-order valence-electron chi connectivity index (χ0n) is 12.6. The number of rotatable bonds is 3. The lowest BCUT2D eigenvalue weighted by molar-refractivity contribution is 0.913. The van der Waals surface area contributed by atoms with Crippen LogP contribution in [-0.4, -0.2) is 0 Å². The van der Waals surface area contributed by atoms with E-state index in [2.05, 4.69) is 69.3 Å². The van der Waals surface area contributed by atoms with Crippen LogP contribution in [0.4, 0.5) is 0 Å². The van der Waals surface area contributed by atoms with Gasteiger partial charge in [0.25, 0.3) is 0 Å². The average molecular weight is 262 g/mol. The molecule has 0 N–H and O–H groups in total. The Morgan fingerprint density at radius 3 is 2.30 bits per heavy atom. The number of allylic oxidation sites excluding steroid dienone is 1. The summed E-state index contributed by atoms with van der Waals surface area (Å²) in [6.07, 6.45) is 2.35. The summed E-state index contributed by atoms with van der Waals surface area (Å²) < 4.78 is 0. The minimum atomic E-state index is 0.538. The number of hydrogen-bond donors (Lipinski definition) is 0. The number of hydrogen-bond acceptors (Lipinski definition) is 0. The molecule has 0 heterocycles. The average Bonchev–Trinajstić information content (AvgIpc) is 2.73. The van der Waals surface area contributed by atoms with Gasteiger partial charge in [-0.15, -0.1) is 0 Å². The molecule has 20 heavy (non-hydrogen) atoms. The van der Waals surface area contributed by atoms with E-state index in [-0.39, 0.29) is 0 Å². The lowest BCUT2D eigenvalue weighted by atomic mass is 9.92. The molecule has 1 aliphatic rings. The van der Waals surface area contributed by atoms with Crippen molar-refractivity contribution in [2.24, 2.45) is 0 Å². The molecule has 0 bridgehead atoms. The van der Waals surface area contributed by atoms with Crippen LogP contribution in [0.3, 0.4) is 0 Å².